The summed E-state index contributed by atoms with van der Waals surface area (Å²) in [6.45, 7) is 11.6. The SMILES string of the molecule is C=C(C)C(=O)OCCO/C(C)=C/C=c1\c(=C)ccc2ccccc12. The first kappa shape index (κ1) is 17.5. The van der Waals surface area contributed by atoms with Crippen LogP contribution in [0.3, 0.4) is 0 Å². The monoisotopic (exact) mass is 322 g/mol. The van der Waals surface area contributed by atoms with Gasteiger partial charge in [0.15, 0.2) is 0 Å². The molecule has 0 aliphatic rings. The largest absolute Gasteiger partial charge is 0.495 e. The number of ether oxygens (including phenoxy) is 2. The minimum atomic E-state index is -0.399. The van der Waals surface area contributed by atoms with Crippen LogP contribution >= 0.6 is 0 Å². The van der Waals surface area contributed by atoms with Crippen molar-refractivity contribution in [3.8, 4) is 0 Å². The molecule has 0 radical (unpaired) electrons. The second-order valence-corrected chi connectivity index (χ2v) is 5.57. The number of carbonyl (C=O) groups excluding carboxylic acids is 1. The average Bonchev–Trinajstić information content (AvgIpc) is 2.57. The normalized spacial score (nSPS) is 12.2. The third-order valence-electron chi connectivity index (χ3n) is 3.54. The number of carbonyl (C=O) groups is 1. The minimum Gasteiger partial charge on any atom is -0.495 e. The lowest BCUT2D eigenvalue weighted by Crippen LogP contribution is -2.23. The first-order valence-electron chi connectivity index (χ1n) is 7.80. The van der Waals surface area contributed by atoms with E-state index in [1.54, 1.807) is 6.92 Å². The van der Waals surface area contributed by atoms with Crippen molar-refractivity contribution in [2.24, 2.45) is 0 Å². The van der Waals surface area contributed by atoms with Crippen molar-refractivity contribution in [2.75, 3.05) is 13.2 Å². The quantitative estimate of drug-likeness (QED) is 0.355. The van der Waals surface area contributed by atoms with Gasteiger partial charge in [-0.2, -0.15) is 0 Å². The van der Waals surface area contributed by atoms with E-state index in [0.29, 0.717) is 12.2 Å². The molecule has 0 atom stereocenters. The first-order chi connectivity index (χ1) is 11.5. The van der Waals surface area contributed by atoms with E-state index in [1.165, 1.54) is 5.39 Å². The molecule has 2 aromatic carbocycles. The molecular formula is C21H22O3. The van der Waals surface area contributed by atoms with Crippen LogP contribution in [0, 0.1) is 0 Å². The van der Waals surface area contributed by atoms with Crippen LogP contribution in [0.2, 0.25) is 0 Å². The molecule has 0 fully saturated rings. The maximum atomic E-state index is 11.3. The van der Waals surface area contributed by atoms with Gasteiger partial charge in [-0.1, -0.05) is 55.6 Å². The molecule has 0 aromatic heterocycles. The molecule has 2 aromatic rings. The molecule has 24 heavy (non-hydrogen) atoms. The predicted molar refractivity (Wildman–Crippen MR) is 98.7 cm³/mol. The highest BCUT2D eigenvalue weighted by Gasteiger charge is 2.02. The van der Waals surface area contributed by atoms with Gasteiger partial charge >= 0.3 is 5.97 Å². The fourth-order valence-electron chi connectivity index (χ4n) is 2.25. The van der Waals surface area contributed by atoms with Crippen LogP contribution in [-0.2, 0) is 14.3 Å². The van der Waals surface area contributed by atoms with Gasteiger partial charge < -0.3 is 9.47 Å². The van der Waals surface area contributed by atoms with Gasteiger partial charge in [-0.3, -0.25) is 0 Å². The summed E-state index contributed by atoms with van der Waals surface area (Å²) in [5.41, 5.74) is 0.384. The fourth-order valence-corrected chi connectivity index (χ4v) is 2.25. The van der Waals surface area contributed by atoms with Crippen molar-refractivity contribution in [1.82, 2.24) is 0 Å². The van der Waals surface area contributed by atoms with Gasteiger partial charge in [-0.15, -0.1) is 0 Å². The number of hydrogen-bond donors (Lipinski definition) is 0. The van der Waals surface area contributed by atoms with E-state index < -0.39 is 5.97 Å². The molecule has 0 bridgehead atoms. The Labute approximate surface area is 142 Å². The highest BCUT2D eigenvalue weighted by molar-refractivity contribution is 5.87. The predicted octanol–water partition coefficient (Wildman–Crippen LogP) is 3.07. The number of esters is 1. The molecule has 0 aliphatic carbocycles. The summed E-state index contributed by atoms with van der Waals surface area (Å²) in [6.07, 6.45) is 3.90. The lowest BCUT2D eigenvalue weighted by atomic mass is 10.1. The Morgan fingerprint density at radius 2 is 1.79 bits per heavy atom. The second kappa shape index (κ2) is 8.16. The Kier molecular flexibility index (Phi) is 5.96. The van der Waals surface area contributed by atoms with Gasteiger partial charge in [0.2, 0.25) is 0 Å². The third-order valence-corrected chi connectivity index (χ3v) is 3.54. The lowest BCUT2D eigenvalue weighted by Gasteiger charge is -2.07. The van der Waals surface area contributed by atoms with E-state index in [-0.39, 0.29) is 6.61 Å². The van der Waals surface area contributed by atoms with Crippen LogP contribution in [0.1, 0.15) is 13.8 Å². The smallest absolute Gasteiger partial charge is 0.333 e. The summed E-state index contributed by atoms with van der Waals surface area (Å²) in [7, 11) is 0. The molecule has 3 heteroatoms. The van der Waals surface area contributed by atoms with Crippen LogP contribution in [0.5, 0.6) is 0 Å². The Balaban J connectivity index is 2.08. The van der Waals surface area contributed by atoms with Crippen molar-refractivity contribution < 1.29 is 14.3 Å². The van der Waals surface area contributed by atoms with Crippen LogP contribution in [0.25, 0.3) is 23.4 Å². The maximum absolute atomic E-state index is 11.3. The van der Waals surface area contributed by atoms with Crippen molar-refractivity contribution in [3.05, 3.63) is 70.8 Å². The van der Waals surface area contributed by atoms with Gasteiger partial charge in [0, 0.05) is 5.57 Å². The van der Waals surface area contributed by atoms with Crippen LogP contribution in [0.4, 0.5) is 0 Å². The van der Waals surface area contributed by atoms with E-state index in [1.807, 2.05) is 37.3 Å². The van der Waals surface area contributed by atoms with Crippen LogP contribution in [-0.4, -0.2) is 19.2 Å². The van der Waals surface area contributed by atoms with Gasteiger partial charge in [-0.25, -0.2) is 4.79 Å². The highest BCUT2D eigenvalue weighted by atomic mass is 16.6. The van der Waals surface area contributed by atoms with Crippen LogP contribution < -0.4 is 10.4 Å². The molecule has 3 nitrogen and oxygen atoms in total. The molecule has 0 amide bonds. The molecule has 0 saturated carbocycles. The van der Waals surface area contributed by atoms with Crippen molar-refractivity contribution in [3.63, 3.8) is 0 Å². The van der Waals surface area contributed by atoms with Gasteiger partial charge in [0.05, 0.1) is 5.76 Å². The molecule has 0 N–H and O–H groups in total. The number of allylic oxidation sites excluding steroid dienone is 2. The van der Waals surface area contributed by atoms with Gasteiger partial charge in [0.1, 0.15) is 13.2 Å². The Morgan fingerprint density at radius 3 is 2.54 bits per heavy atom. The van der Waals surface area contributed by atoms with Crippen molar-refractivity contribution in [1.29, 1.82) is 0 Å². The standard InChI is InChI=1S/C21H22O3/c1-15(2)21(22)24-14-13-23-17(4)10-12-19-16(3)9-11-18-7-5-6-8-20(18)19/h5-12H,1,3,13-14H2,2,4H3/b17-10+,19-12+. The Hall–Kier alpha value is -2.81. The van der Waals surface area contributed by atoms with E-state index in [9.17, 15) is 4.79 Å². The molecule has 0 unspecified atom stereocenters. The average molecular weight is 322 g/mol. The van der Waals surface area contributed by atoms with E-state index in [4.69, 9.17) is 9.47 Å². The van der Waals surface area contributed by atoms with E-state index in [0.717, 1.165) is 21.6 Å². The molecule has 0 saturated heterocycles. The fraction of sp³-hybridized carbons (Fsp3) is 0.190. The number of fused-ring (bicyclic) bond motifs is 1. The van der Waals surface area contributed by atoms with Gasteiger partial charge in [-0.05, 0) is 41.1 Å². The Bertz CT molecular complexity index is 891. The molecule has 0 spiro atoms. The summed E-state index contributed by atoms with van der Waals surface area (Å²) in [4.78, 5) is 11.3. The van der Waals surface area contributed by atoms with Crippen molar-refractivity contribution in [2.45, 2.75) is 13.8 Å². The summed E-state index contributed by atoms with van der Waals surface area (Å²) < 4.78 is 10.5. The summed E-state index contributed by atoms with van der Waals surface area (Å²) in [5.74, 6) is 0.345. The molecule has 2 rings (SSSR count). The Morgan fingerprint density at radius 1 is 1.08 bits per heavy atom. The number of rotatable bonds is 6. The zero-order valence-corrected chi connectivity index (χ0v) is 14.2. The second-order valence-electron chi connectivity index (χ2n) is 5.57. The molecule has 0 heterocycles. The highest BCUT2D eigenvalue weighted by Crippen LogP contribution is 2.06. The first-order valence-corrected chi connectivity index (χ1v) is 7.80. The molecule has 0 aliphatic heterocycles. The minimum absolute atomic E-state index is 0.200. The van der Waals surface area contributed by atoms with E-state index in [2.05, 4.69) is 31.4 Å². The molecular weight excluding hydrogens is 300 g/mol. The summed E-state index contributed by atoms with van der Waals surface area (Å²) in [5, 5.41) is 4.37. The van der Waals surface area contributed by atoms with Crippen LogP contribution in [0.15, 0.2) is 60.4 Å². The topological polar surface area (TPSA) is 35.5 Å². The molecule has 124 valence electrons. The van der Waals surface area contributed by atoms with Crippen molar-refractivity contribution >= 4 is 29.4 Å². The summed E-state index contributed by atoms with van der Waals surface area (Å²) >= 11 is 0. The number of hydrogen-bond acceptors (Lipinski definition) is 3. The van der Waals surface area contributed by atoms with E-state index >= 15 is 0 Å². The maximum Gasteiger partial charge on any atom is 0.333 e. The third kappa shape index (κ3) is 4.59. The zero-order chi connectivity index (χ0) is 17.5. The lowest BCUT2D eigenvalue weighted by molar-refractivity contribution is -0.140. The number of benzene rings is 2. The summed E-state index contributed by atoms with van der Waals surface area (Å²) in [6, 6.07) is 12.3. The van der Waals surface area contributed by atoms with Gasteiger partial charge in [0.25, 0.3) is 0 Å². The zero-order valence-electron chi connectivity index (χ0n) is 14.2.